The molecule has 0 amide bonds. The maximum absolute atomic E-state index is 11.6. The Bertz CT molecular complexity index is 674. The first-order valence-corrected chi connectivity index (χ1v) is 11.1. The predicted octanol–water partition coefficient (Wildman–Crippen LogP) is 5.19. The second-order valence-electron chi connectivity index (χ2n) is 6.75. The van der Waals surface area contributed by atoms with Crippen molar-refractivity contribution in [3.05, 3.63) is 71.8 Å². The van der Waals surface area contributed by atoms with E-state index in [1.807, 2.05) is 35.7 Å². The van der Waals surface area contributed by atoms with Crippen molar-refractivity contribution >= 4 is 29.5 Å². The molecule has 2 aromatic carbocycles. The van der Waals surface area contributed by atoms with Gasteiger partial charge in [-0.1, -0.05) is 60.7 Å². The zero-order chi connectivity index (χ0) is 19.5. The normalized spacial score (nSPS) is 12.6. The second-order valence-corrected chi connectivity index (χ2v) is 9.41. The molecule has 0 aliphatic heterocycles. The van der Waals surface area contributed by atoms with Crippen molar-refractivity contribution in [3.63, 3.8) is 0 Å². The van der Waals surface area contributed by atoms with Crippen molar-refractivity contribution in [2.24, 2.45) is 0 Å². The number of rotatable bonds is 11. The van der Waals surface area contributed by atoms with Crippen LogP contribution in [0.15, 0.2) is 60.7 Å². The van der Waals surface area contributed by atoms with Crippen LogP contribution in [0.3, 0.4) is 0 Å². The summed E-state index contributed by atoms with van der Waals surface area (Å²) in [4.78, 5) is 11.6. The monoisotopic (exact) mass is 404 g/mol. The molecule has 27 heavy (non-hydrogen) atoms. The molecular formula is C22H28O3S2. The van der Waals surface area contributed by atoms with Gasteiger partial charge in [0.25, 0.3) is 0 Å². The smallest absolute Gasteiger partial charge is 0.331 e. The highest BCUT2D eigenvalue weighted by Gasteiger charge is 2.31. The number of benzene rings is 2. The quantitative estimate of drug-likeness (QED) is 0.482. The summed E-state index contributed by atoms with van der Waals surface area (Å²) in [5.74, 6) is 2.32. The average Bonchev–Trinajstić information content (AvgIpc) is 2.70. The number of carbonyl (C=O) groups is 1. The number of thioether (sulfide) groups is 2. The zero-order valence-corrected chi connectivity index (χ0v) is 17.9. The molecule has 0 radical (unpaired) electrons. The Morgan fingerprint density at radius 3 is 2.07 bits per heavy atom. The van der Waals surface area contributed by atoms with Crippen molar-refractivity contribution in [2.75, 3.05) is 19.5 Å². The van der Waals surface area contributed by atoms with Crippen molar-refractivity contribution in [1.82, 2.24) is 0 Å². The van der Waals surface area contributed by atoms with Crippen LogP contribution in [0.2, 0.25) is 0 Å². The molecule has 0 saturated heterocycles. The lowest BCUT2D eigenvalue weighted by Gasteiger charge is -2.33. The largest absolute Gasteiger partial charge is 0.467 e. The Hall–Kier alpha value is -1.43. The lowest BCUT2D eigenvalue weighted by molar-refractivity contribution is -0.148. The molecule has 0 aromatic heterocycles. The van der Waals surface area contributed by atoms with Crippen molar-refractivity contribution < 1.29 is 14.3 Å². The molecule has 0 fully saturated rings. The van der Waals surface area contributed by atoms with Crippen LogP contribution in [-0.2, 0) is 25.8 Å². The first kappa shape index (κ1) is 21.9. The van der Waals surface area contributed by atoms with Crippen LogP contribution in [-0.4, -0.2) is 36.3 Å². The van der Waals surface area contributed by atoms with Crippen LogP contribution in [0.1, 0.15) is 25.0 Å². The van der Waals surface area contributed by atoms with E-state index in [-0.39, 0.29) is 23.4 Å². The third kappa shape index (κ3) is 7.99. The van der Waals surface area contributed by atoms with E-state index in [1.165, 1.54) is 18.2 Å². The summed E-state index contributed by atoms with van der Waals surface area (Å²) >= 11 is 3.69. The van der Waals surface area contributed by atoms with Gasteiger partial charge in [-0.15, -0.1) is 11.8 Å². The number of esters is 1. The zero-order valence-electron chi connectivity index (χ0n) is 16.2. The molecule has 146 valence electrons. The van der Waals surface area contributed by atoms with Gasteiger partial charge in [0.05, 0.1) is 13.2 Å². The molecule has 0 bridgehead atoms. The number of hydrogen-bond donors (Lipinski definition) is 0. The molecule has 0 spiro atoms. The van der Waals surface area contributed by atoms with Crippen molar-refractivity contribution in [3.8, 4) is 0 Å². The van der Waals surface area contributed by atoms with E-state index in [2.05, 4.69) is 62.4 Å². The van der Waals surface area contributed by atoms with Gasteiger partial charge in [0.15, 0.2) is 0 Å². The summed E-state index contributed by atoms with van der Waals surface area (Å²) in [6.07, 6.45) is -0.0565. The van der Waals surface area contributed by atoms with Gasteiger partial charge < -0.3 is 9.47 Å². The first-order chi connectivity index (χ1) is 13.0. The van der Waals surface area contributed by atoms with Gasteiger partial charge in [-0.2, -0.15) is 11.8 Å². The second kappa shape index (κ2) is 11.4. The van der Waals surface area contributed by atoms with Gasteiger partial charge >= 0.3 is 5.97 Å². The van der Waals surface area contributed by atoms with E-state index in [9.17, 15) is 4.79 Å². The number of hydrogen-bond acceptors (Lipinski definition) is 5. The summed E-state index contributed by atoms with van der Waals surface area (Å²) in [5, 5.41) is 0. The molecule has 2 aromatic rings. The van der Waals surface area contributed by atoms with Crippen LogP contribution in [0.25, 0.3) is 0 Å². The summed E-state index contributed by atoms with van der Waals surface area (Å²) in [5.41, 5.74) is 2.59. The molecule has 0 heterocycles. The Morgan fingerprint density at radius 2 is 1.52 bits per heavy atom. The fourth-order valence-corrected chi connectivity index (χ4v) is 4.92. The first-order valence-electron chi connectivity index (χ1n) is 8.99. The van der Waals surface area contributed by atoms with Crippen molar-refractivity contribution in [2.45, 2.75) is 36.2 Å². The maximum Gasteiger partial charge on any atom is 0.331 e. The Kier molecular flexibility index (Phi) is 9.25. The van der Waals surface area contributed by atoms with Crippen LogP contribution in [0.5, 0.6) is 0 Å². The maximum atomic E-state index is 11.6. The molecule has 2 rings (SSSR count). The highest BCUT2D eigenvalue weighted by Crippen LogP contribution is 2.35. The van der Waals surface area contributed by atoms with Gasteiger partial charge in [0.2, 0.25) is 0 Å². The highest BCUT2D eigenvalue weighted by molar-refractivity contribution is 8.00. The van der Waals surface area contributed by atoms with E-state index < -0.39 is 0 Å². The molecule has 0 aliphatic rings. The van der Waals surface area contributed by atoms with Crippen LogP contribution < -0.4 is 0 Å². The van der Waals surface area contributed by atoms with E-state index in [0.29, 0.717) is 0 Å². The van der Waals surface area contributed by atoms with Gasteiger partial charge in [-0.25, -0.2) is 4.79 Å². The van der Waals surface area contributed by atoms with E-state index in [1.54, 1.807) is 0 Å². The Labute approximate surface area is 171 Å². The standard InChI is InChI=1S/C22H28O3S2/c1-22(2,27-16-19-12-8-5-9-13-19)20(25-14-21(23)24-3)17-26-15-18-10-6-4-7-11-18/h4-13,20H,14-17H2,1-3H3. The summed E-state index contributed by atoms with van der Waals surface area (Å²) < 4.78 is 10.6. The van der Waals surface area contributed by atoms with Gasteiger partial charge in [-0.3, -0.25) is 0 Å². The topological polar surface area (TPSA) is 35.5 Å². The Balaban J connectivity index is 1.94. The molecule has 0 saturated carbocycles. The number of ether oxygens (including phenoxy) is 2. The van der Waals surface area contributed by atoms with Crippen LogP contribution in [0, 0.1) is 0 Å². The lowest BCUT2D eigenvalue weighted by atomic mass is 10.1. The fourth-order valence-electron chi connectivity index (χ4n) is 2.47. The van der Waals surface area contributed by atoms with E-state index >= 15 is 0 Å². The molecule has 0 N–H and O–H groups in total. The van der Waals surface area contributed by atoms with Crippen molar-refractivity contribution in [1.29, 1.82) is 0 Å². The molecule has 5 heteroatoms. The molecule has 3 nitrogen and oxygen atoms in total. The summed E-state index contributed by atoms with van der Waals surface area (Å²) in [6, 6.07) is 20.8. The molecule has 1 atom stereocenters. The molecular weight excluding hydrogens is 376 g/mol. The van der Waals surface area contributed by atoms with Crippen LogP contribution >= 0.6 is 23.5 Å². The lowest BCUT2D eigenvalue weighted by Crippen LogP contribution is -2.39. The van der Waals surface area contributed by atoms with Crippen LogP contribution in [0.4, 0.5) is 0 Å². The van der Waals surface area contributed by atoms with Gasteiger partial charge in [-0.05, 0) is 25.0 Å². The molecule has 0 aliphatic carbocycles. The molecule has 1 unspecified atom stereocenters. The van der Waals surface area contributed by atoms with Gasteiger partial charge in [0.1, 0.15) is 6.61 Å². The highest BCUT2D eigenvalue weighted by atomic mass is 32.2. The van der Waals surface area contributed by atoms with E-state index in [4.69, 9.17) is 9.47 Å². The fraction of sp³-hybridized carbons (Fsp3) is 0.409. The summed E-state index contributed by atoms with van der Waals surface area (Å²) in [7, 11) is 1.39. The van der Waals surface area contributed by atoms with Gasteiger partial charge in [0, 0.05) is 22.0 Å². The minimum atomic E-state index is -0.336. The SMILES string of the molecule is COC(=O)COC(CSCc1ccccc1)C(C)(C)SCc1ccccc1. The third-order valence-electron chi connectivity index (χ3n) is 4.24. The summed E-state index contributed by atoms with van der Waals surface area (Å²) in [6.45, 7) is 4.36. The van der Waals surface area contributed by atoms with E-state index in [0.717, 1.165) is 17.3 Å². The number of methoxy groups -OCH3 is 1. The minimum absolute atomic E-state index is 0.0115. The number of carbonyl (C=O) groups excluding carboxylic acids is 1. The average molecular weight is 405 g/mol. The minimum Gasteiger partial charge on any atom is -0.467 e. The third-order valence-corrected chi connectivity index (χ3v) is 6.80. The Morgan fingerprint density at radius 1 is 0.963 bits per heavy atom. The predicted molar refractivity (Wildman–Crippen MR) is 116 cm³/mol.